The van der Waals surface area contributed by atoms with Crippen molar-refractivity contribution < 1.29 is 9.90 Å². The molecule has 5 rings (SSSR count). The lowest BCUT2D eigenvalue weighted by atomic mass is 10.1. The largest absolute Gasteiger partial charge is 0.392 e. The van der Waals surface area contributed by atoms with Gasteiger partial charge in [0.1, 0.15) is 0 Å². The number of fused-ring (bicyclic) bond motifs is 2. The molecule has 2 N–H and O–H groups in total. The van der Waals surface area contributed by atoms with Crippen LogP contribution in [-0.2, 0) is 24.3 Å². The maximum atomic E-state index is 12.9. The Bertz CT molecular complexity index is 1100. The first-order chi connectivity index (χ1) is 15.5. The Morgan fingerprint density at radius 2 is 2.09 bits per heavy atom. The number of carbonyl (C=O) groups is 1. The number of aliphatic hydroxyl groups is 1. The third kappa shape index (κ3) is 3.93. The zero-order valence-corrected chi connectivity index (χ0v) is 18.9. The van der Waals surface area contributed by atoms with Crippen LogP contribution in [-0.4, -0.2) is 65.8 Å². The average molecular weight is 437 g/mol. The molecule has 32 heavy (non-hydrogen) atoms. The fourth-order valence-corrected chi connectivity index (χ4v) is 5.23. The summed E-state index contributed by atoms with van der Waals surface area (Å²) < 4.78 is 2.16. The number of aromatic nitrogens is 4. The van der Waals surface area contributed by atoms with Gasteiger partial charge in [0.2, 0.25) is 5.91 Å². The summed E-state index contributed by atoms with van der Waals surface area (Å²) in [4.78, 5) is 20.4. The molecule has 0 aliphatic carbocycles. The van der Waals surface area contributed by atoms with E-state index in [1.807, 2.05) is 11.0 Å². The number of β-amino-alcohol motifs (C(OH)–C–C–N with tert-alkyl or cyclic N) is 1. The van der Waals surface area contributed by atoms with Crippen molar-refractivity contribution in [2.45, 2.75) is 70.8 Å². The molecular formula is C24H32N6O2. The first kappa shape index (κ1) is 21.2. The minimum Gasteiger partial charge on any atom is -0.392 e. The van der Waals surface area contributed by atoms with Gasteiger partial charge < -0.3 is 19.6 Å². The summed E-state index contributed by atoms with van der Waals surface area (Å²) in [5, 5.41) is 20.3. The second-order valence-electron chi connectivity index (χ2n) is 9.35. The Labute approximate surface area is 188 Å². The topological polar surface area (TPSA) is 90.3 Å². The molecule has 0 saturated carbocycles. The number of aliphatic hydroxyl groups excluding tert-OH is 1. The van der Waals surface area contributed by atoms with Gasteiger partial charge in [0, 0.05) is 49.2 Å². The Morgan fingerprint density at radius 1 is 1.25 bits per heavy atom. The molecule has 0 unspecified atom stereocenters. The van der Waals surface area contributed by atoms with E-state index in [9.17, 15) is 9.90 Å². The molecule has 2 atom stereocenters. The second kappa shape index (κ2) is 8.67. The summed E-state index contributed by atoms with van der Waals surface area (Å²) in [5.74, 6) is 1.96. The van der Waals surface area contributed by atoms with Crippen LogP contribution in [0, 0.1) is 0 Å². The van der Waals surface area contributed by atoms with Crippen LogP contribution in [0.2, 0.25) is 0 Å². The molecule has 2 aromatic heterocycles. The fraction of sp³-hybridized carbons (Fsp3) is 0.542. The van der Waals surface area contributed by atoms with Gasteiger partial charge in [-0.15, -0.1) is 10.2 Å². The van der Waals surface area contributed by atoms with Gasteiger partial charge in [0.15, 0.2) is 11.6 Å². The van der Waals surface area contributed by atoms with Gasteiger partial charge in [-0.05, 0) is 44.7 Å². The van der Waals surface area contributed by atoms with E-state index in [4.69, 9.17) is 0 Å². The summed E-state index contributed by atoms with van der Waals surface area (Å²) in [7, 11) is 0. The standard InChI is InChI=1S/C24H32N6O2/c1-16(2)30-14-18(31)12-21(30)24-27-26-22-15-28(10-11-29(22)24)23(32)9-5-6-17-13-25-20-8-4-3-7-19(17)20/h3-4,7-8,13,16,18,21,25,31H,5-6,9-12,14-15H2,1-2H3/t18-,21+/m1/s1. The molecule has 3 aromatic rings. The van der Waals surface area contributed by atoms with Crippen molar-refractivity contribution in [1.29, 1.82) is 0 Å². The lowest BCUT2D eigenvalue weighted by Crippen LogP contribution is -2.39. The van der Waals surface area contributed by atoms with Crippen molar-refractivity contribution in [3.05, 3.63) is 47.7 Å². The Kier molecular flexibility index (Phi) is 5.73. The average Bonchev–Trinajstić information content (AvgIpc) is 3.49. The summed E-state index contributed by atoms with van der Waals surface area (Å²) >= 11 is 0. The predicted octanol–water partition coefficient (Wildman–Crippen LogP) is 2.64. The van der Waals surface area contributed by atoms with E-state index in [0.29, 0.717) is 45.1 Å². The first-order valence-corrected chi connectivity index (χ1v) is 11.7. The number of carbonyl (C=O) groups excluding carboxylic acids is 1. The number of amides is 1. The highest BCUT2D eigenvalue weighted by Crippen LogP contribution is 2.34. The van der Waals surface area contributed by atoms with Gasteiger partial charge >= 0.3 is 0 Å². The molecule has 4 heterocycles. The van der Waals surface area contributed by atoms with E-state index < -0.39 is 0 Å². The molecule has 8 heteroatoms. The number of H-pyrrole nitrogens is 1. The third-order valence-electron chi connectivity index (χ3n) is 6.92. The highest BCUT2D eigenvalue weighted by atomic mass is 16.3. The Balaban J connectivity index is 1.20. The predicted molar refractivity (Wildman–Crippen MR) is 122 cm³/mol. The van der Waals surface area contributed by atoms with Crippen LogP contribution in [0.5, 0.6) is 0 Å². The number of hydrogen-bond donors (Lipinski definition) is 2. The Morgan fingerprint density at radius 3 is 2.94 bits per heavy atom. The molecule has 0 radical (unpaired) electrons. The monoisotopic (exact) mass is 436 g/mol. The molecule has 2 aliphatic rings. The van der Waals surface area contributed by atoms with E-state index >= 15 is 0 Å². The van der Waals surface area contributed by atoms with E-state index in [1.165, 1.54) is 10.9 Å². The quantitative estimate of drug-likeness (QED) is 0.620. The SMILES string of the molecule is CC(C)N1C[C@H](O)C[C@H]1c1nnc2n1CCN(C(=O)CCCc1c[nH]c3ccccc13)C2. The van der Waals surface area contributed by atoms with Gasteiger partial charge in [0.05, 0.1) is 18.7 Å². The van der Waals surface area contributed by atoms with Crippen LogP contribution >= 0.6 is 0 Å². The lowest BCUT2D eigenvalue weighted by Gasteiger charge is -2.31. The zero-order valence-electron chi connectivity index (χ0n) is 18.9. The van der Waals surface area contributed by atoms with Crippen molar-refractivity contribution in [2.24, 2.45) is 0 Å². The molecule has 170 valence electrons. The molecule has 2 aliphatic heterocycles. The second-order valence-corrected chi connectivity index (χ2v) is 9.35. The summed E-state index contributed by atoms with van der Waals surface area (Å²) in [5.41, 5.74) is 2.41. The van der Waals surface area contributed by atoms with Crippen molar-refractivity contribution >= 4 is 16.8 Å². The number of nitrogens with zero attached hydrogens (tertiary/aromatic N) is 5. The zero-order chi connectivity index (χ0) is 22.2. The number of hydrogen-bond acceptors (Lipinski definition) is 5. The maximum absolute atomic E-state index is 12.9. The summed E-state index contributed by atoms with van der Waals surface area (Å²) in [6, 6.07) is 8.71. The lowest BCUT2D eigenvalue weighted by molar-refractivity contribution is -0.132. The molecule has 1 saturated heterocycles. The maximum Gasteiger partial charge on any atom is 0.223 e. The van der Waals surface area contributed by atoms with Crippen LogP contribution < -0.4 is 0 Å². The summed E-state index contributed by atoms with van der Waals surface area (Å²) in [6.45, 7) is 6.87. The molecule has 0 spiro atoms. The number of likely N-dealkylation sites (tertiary alicyclic amines) is 1. The highest BCUT2D eigenvalue weighted by Gasteiger charge is 2.38. The van der Waals surface area contributed by atoms with Crippen molar-refractivity contribution in [3.63, 3.8) is 0 Å². The van der Waals surface area contributed by atoms with E-state index in [0.717, 1.165) is 30.0 Å². The molecule has 1 amide bonds. The van der Waals surface area contributed by atoms with Gasteiger partial charge in [-0.3, -0.25) is 9.69 Å². The molecule has 0 bridgehead atoms. The molecular weight excluding hydrogens is 404 g/mol. The normalized spacial score (nSPS) is 21.6. The van der Waals surface area contributed by atoms with Gasteiger partial charge in [0.25, 0.3) is 0 Å². The van der Waals surface area contributed by atoms with E-state index in [-0.39, 0.29) is 18.1 Å². The van der Waals surface area contributed by atoms with Crippen molar-refractivity contribution in [3.8, 4) is 0 Å². The van der Waals surface area contributed by atoms with Crippen LogP contribution in [0.4, 0.5) is 0 Å². The summed E-state index contributed by atoms with van der Waals surface area (Å²) in [6.07, 6.45) is 4.68. The van der Waals surface area contributed by atoms with Crippen molar-refractivity contribution in [1.82, 2.24) is 29.5 Å². The van der Waals surface area contributed by atoms with Crippen LogP contribution in [0.15, 0.2) is 30.5 Å². The van der Waals surface area contributed by atoms with Crippen LogP contribution in [0.25, 0.3) is 10.9 Å². The molecule has 1 aromatic carbocycles. The van der Waals surface area contributed by atoms with Crippen LogP contribution in [0.3, 0.4) is 0 Å². The minimum absolute atomic E-state index is 0.0877. The van der Waals surface area contributed by atoms with E-state index in [1.54, 1.807) is 0 Å². The first-order valence-electron chi connectivity index (χ1n) is 11.7. The fourth-order valence-electron chi connectivity index (χ4n) is 5.23. The number of benzene rings is 1. The number of nitrogens with one attached hydrogen (secondary N) is 1. The Hall–Kier alpha value is -2.71. The van der Waals surface area contributed by atoms with Crippen molar-refractivity contribution in [2.75, 3.05) is 13.1 Å². The smallest absolute Gasteiger partial charge is 0.223 e. The van der Waals surface area contributed by atoms with Crippen LogP contribution in [0.1, 0.15) is 56.4 Å². The third-order valence-corrected chi connectivity index (χ3v) is 6.92. The number of aryl methyl sites for hydroxylation is 1. The molecule has 8 nitrogen and oxygen atoms in total. The van der Waals surface area contributed by atoms with E-state index in [2.05, 4.69) is 62.9 Å². The highest BCUT2D eigenvalue weighted by molar-refractivity contribution is 5.83. The molecule has 1 fully saturated rings. The van der Waals surface area contributed by atoms with Gasteiger partial charge in [-0.1, -0.05) is 18.2 Å². The minimum atomic E-state index is -0.325. The van der Waals surface area contributed by atoms with Gasteiger partial charge in [-0.25, -0.2) is 0 Å². The number of para-hydroxylation sites is 1. The number of rotatable bonds is 6. The van der Waals surface area contributed by atoms with Gasteiger partial charge in [-0.2, -0.15) is 0 Å². The number of aromatic amines is 1.